The van der Waals surface area contributed by atoms with E-state index in [9.17, 15) is 0 Å². The molecule has 1 aliphatic rings. The van der Waals surface area contributed by atoms with Gasteiger partial charge in [-0.3, -0.25) is 4.57 Å². The number of nitrogens with one attached hydrogen (secondary N) is 1. The van der Waals surface area contributed by atoms with E-state index in [0.717, 1.165) is 48.5 Å². The van der Waals surface area contributed by atoms with Crippen molar-refractivity contribution in [1.29, 1.82) is 0 Å². The zero-order chi connectivity index (χ0) is 15.5. The lowest BCUT2D eigenvalue weighted by Gasteiger charge is -2.25. The minimum Gasteiger partial charge on any atom is -0.360 e. The molecule has 1 fully saturated rings. The Morgan fingerprint density at radius 1 is 1.45 bits per heavy atom. The van der Waals surface area contributed by atoms with Gasteiger partial charge in [0.05, 0.1) is 5.69 Å². The predicted molar refractivity (Wildman–Crippen MR) is 89.1 cm³/mol. The van der Waals surface area contributed by atoms with Gasteiger partial charge in [0.1, 0.15) is 22.7 Å². The third-order valence-electron chi connectivity index (χ3n) is 3.71. The summed E-state index contributed by atoms with van der Waals surface area (Å²) in [5.74, 6) is 0.882. The van der Waals surface area contributed by atoms with Gasteiger partial charge in [0, 0.05) is 18.9 Å². The average Bonchev–Trinajstić information content (AvgIpc) is 2.84. The number of rotatable bonds is 4. The summed E-state index contributed by atoms with van der Waals surface area (Å²) in [7, 11) is 0. The number of nitrogens with zero attached hydrogens (tertiary/aromatic N) is 3. The number of pyridine rings is 1. The van der Waals surface area contributed by atoms with Gasteiger partial charge >= 0.3 is 0 Å². The highest BCUT2D eigenvalue weighted by atomic mass is 35.5. The van der Waals surface area contributed by atoms with Gasteiger partial charge in [0.2, 0.25) is 0 Å². The fraction of sp³-hybridized carbons (Fsp3) is 0.375. The Kier molecular flexibility index (Phi) is 4.45. The molecule has 5 nitrogen and oxygen atoms in total. The molecule has 1 aliphatic heterocycles. The molecule has 116 valence electrons. The molecule has 3 rings (SSSR count). The normalized spacial score (nSPS) is 18.9. The summed E-state index contributed by atoms with van der Waals surface area (Å²) in [5, 5.41) is 3.61. The molecule has 22 heavy (non-hydrogen) atoms. The molecule has 0 bridgehead atoms. The van der Waals surface area contributed by atoms with E-state index in [-0.39, 0.29) is 6.23 Å². The third-order valence-corrected chi connectivity index (χ3v) is 3.90. The molecule has 1 saturated heterocycles. The van der Waals surface area contributed by atoms with Crippen LogP contribution >= 0.6 is 11.6 Å². The van der Waals surface area contributed by atoms with Crippen LogP contribution in [0.15, 0.2) is 31.0 Å². The van der Waals surface area contributed by atoms with Gasteiger partial charge in [-0.15, -0.1) is 0 Å². The zero-order valence-corrected chi connectivity index (χ0v) is 13.3. The molecule has 6 heteroatoms. The van der Waals surface area contributed by atoms with Crippen LogP contribution in [0.3, 0.4) is 0 Å². The van der Waals surface area contributed by atoms with E-state index in [1.807, 2.05) is 17.6 Å². The number of halogens is 1. The Hall–Kier alpha value is -1.85. The Labute approximate surface area is 134 Å². The highest BCUT2D eigenvalue weighted by Crippen LogP contribution is 2.31. The summed E-state index contributed by atoms with van der Waals surface area (Å²) in [6.07, 6.45) is 8.53. The van der Waals surface area contributed by atoms with Gasteiger partial charge < -0.3 is 10.1 Å². The SMILES string of the molecule is C=C/C=C/Nc1cc(Cl)nc2c1nc(C)n2C1CCCCO1. The number of allylic oxidation sites excluding steroid dienone is 2. The van der Waals surface area contributed by atoms with Crippen molar-refractivity contribution in [1.82, 2.24) is 14.5 Å². The van der Waals surface area contributed by atoms with Crippen molar-refractivity contribution in [2.75, 3.05) is 11.9 Å². The summed E-state index contributed by atoms with van der Waals surface area (Å²) in [6, 6.07) is 1.77. The van der Waals surface area contributed by atoms with Gasteiger partial charge in [-0.05, 0) is 32.3 Å². The fourth-order valence-electron chi connectivity index (χ4n) is 2.73. The minimum atomic E-state index is -0.0127. The smallest absolute Gasteiger partial charge is 0.166 e. The number of hydrogen-bond donors (Lipinski definition) is 1. The monoisotopic (exact) mass is 318 g/mol. The summed E-state index contributed by atoms with van der Waals surface area (Å²) < 4.78 is 7.93. The molecule has 1 unspecified atom stereocenters. The number of fused-ring (bicyclic) bond motifs is 1. The van der Waals surface area contributed by atoms with Crippen molar-refractivity contribution in [3.05, 3.63) is 42.0 Å². The molecule has 2 aromatic rings. The van der Waals surface area contributed by atoms with Crippen LogP contribution in [0.5, 0.6) is 0 Å². The first-order chi connectivity index (χ1) is 10.7. The Morgan fingerprint density at radius 2 is 2.32 bits per heavy atom. The van der Waals surface area contributed by atoms with Crippen molar-refractivity contribution >= 4 is 28.5 Å². The highest BCUT2D eigenvalue weighted by molar-refractivity contribution is 6.30. The van der Waals surface area contributed by atoms with Crippen molar-refractivity contribution < 1.29 is 4.74 Å². The topological polar surface area (TPSA) is 52.0 Å². The van der Waals surface area contributed by atoms with Gasteiger partial charge in [-0.2, -0.15) is 0 Å². The van der Waals surface area contributed by atoms with E-state index < -0.39 is 0 Å². The molecule has 2 aromatic heterocycles. The maximum Gasteiger partial charge on any atom is 0.166 e. The average molecular weight is 319 g/mol. The first kappa shape index (κ1) is 15.1. The third kappa shape index (κ3) is 2.87. The molecule has 0 aliphatic carbocycles. The zero-order valence-electron chi connectivity index (χ0n) is 12.6. The second-order valence-corrected chi connectivity index (χ2v) is 5.64. The number of hydrogen-bond acceptors (Lipinski definition) is 4. The Balaban J connectivity index is 2.08. The highest BCUT2D eigenvalue weighted by Gasteiger charge is 2.22. The summed E-state index contributed by atoms with van der Waals surface area (Å²) in [5.41, 5.74) is 2.38. The van der Waals surface area contributed by atoms with E-state index in [4.69, 9.17) is 16.3 Å². The van der Waals surface area contributed by atoms with Gasteiger partial charge in [0.25, 0.3) is 0 Å². The lowest BCUT2D eigenvalue weighted by Crippen LogP contribution is -2.19. The van der Waals surface area contributed by atoms with E-state index in [0.29, 0.717) is 5.15 Å². The summed E-state index contributed by atoms with van der Waals surface area (Å²) >= 11 is 6.18. The van der Waals surface area contributed by atoms with Gasteiger partial charge in [-0.25, -0.2) is 9.97 Å². The molecule has 0 saturated carbocycles. The summed E-state index contributed by atoms with van der Waals surface area (Å²) in [6.45, 7) is 6.39. The lowest BCUT2D eigenvalue weighted by molar-refractivity contribution is -0.0309. The van der Waals surface area contributed by atoms with Crippen molar-refractivity contribution in [3.63, 3.8) is 0 Å². The first-order valence-electron chi connectivity index (χ1n) is 7.41. The van der Waals surface area contributed by atoms with Crippen molar-refractivity contribution in [2.24, 2.45) is 0 Å². The second-order valence-electron chi connectivity index (χ2n) is 5.25. The molecule has 1 atom stereocenters. The van der Waals surface area contributed by atoms with Crippen LogP contribution in [0.25, 0.3) is 11.2 Å². The van der Waals surface area contributed by atoms with Crippen LogP contribution in [-0.4, -0.2) is 21.1 Å². The molecule has 0 radical (unpaired) electrons. The van der Waals surface area contributed by atoms with Crippen LogP contribution < -0.4 is 5.32 Å². The van der Waals surface area contributed by atoms with Crippen molar-refractivity contribution in [3.8, 4) is 0 Å². The molecular formula is C16H19ClN4O. The molecule has 0 spiro atoms. The van der Waals surface area contributed by atoms with E-state index >= 15 is 0 Å². The molecular weight excluding hydrogens is 300 g/mol. The number of imidazole rings is 1. The Morgan fingerprint density at radius 3 is 3.05 bits per heavy atom. The molecule has 0 aromatic carbocycles. The van der Waals surface area contributed by atoms with Crippen LogP contribution in [0.2, 0.25) is 5.15 Å². The quantitative estimate of drug-likeness (QED) is 0.678. The van der Waals surface area contributed by atoms with E-state index in [1.165, 1.54) is 0 Å². The maximum atomic E-state index is 6.18. The summed E-state index contributed by atoms with van der Waals surface area (Å²) in [4.78, 5) is 9.11. The Bertz CT molecular complexity index is 716. The van der Waals surface area contributed by atoms with Crippen LogP contribution in [0.1, 0.15) is 31.3 Å². The number of ether oxygens (including phenoxy) is 1. The minimum absolute atomic E-state index is 0.0127. The fourth-order valence-corrected chi connectivity index (χ4v) is 2.92. The predicted octanol–water partition coefficient (Wildman–Crippen LogP) is 4.20. The molecule has 0 amide bonds. The molecule has 1 N–H and O–H groups in total. The number of anilines is 1. The van der Waals surface area contributed by atoms with Crippen LogP contribution in [0.4, 0.5) is 5.69 Å². The van der Waals surface area contributed by atoms with Gasteiger partial charge in [-0.1, -0.05) is 24.3 Å². The number of aromatic nitrogens is 3. The van der Waals surface area contributed by atoms with E-state index in [1.54, 1.807) is 18.3 Å². The largest absolute Gasteiger partial charge is 0.360 e. The maximum absolute atomic E-state index is 6.18. The van der Waals surface area contributed by atoms with Crippen molar-refractivity contribution in [2.45, 2.75) is 32.4 Å². The second kappa shape index (κ2) is 6.50. The first-order valence-corrected chi connectivity index (χ1v) is 7.79. The van der Waals surface area contributed by atoms with Crippen LogP contribution in [-0.2, 0) is 4.74 Å². The van der Waals surface area contributed by atoms with E-state index in [2.05, 4.69) is 21.9 Å². The lowest BCUT2D eigenvalue weighted by atomic mass is 10.2. The molecule has 3 heterocycles. The van der Waals surface area contributed by atoms with Crippen LogP contribution in [0, 0.1) is 6.92 Å². The standard InChI is InChI=1S/C16H19ClN4O/c1-3-4-8-18-12-10-13(17)20-16-15(12)19-11(2)21(16)14-7-5-6-9-22-14/h3-4,8,10,14H,1,5-7,9H2,2H3,(H,18,20)/b8-4+. The number of aryl methyl sites for hydroxylation is 1. The van der Waals surface area contributed by atoms with Gasteiger partial charge in [0.15, 0.2) is 5.65 Å².